The summed E-state index contributed by atoms with van der Waals surface area (Å²) in [7, 11) is 0. The number of esters is 1. The Balaban J connectivity index is 1.13. The lowest BCUT2D eigenvalue weighted by Gasteiger charge is -2.37. The highest BCUT2D eigenvalue weighted by Gasteiger charge is 2.30. The van der Waals surface area contributed by atoms with Gasteiger partial charge < -0.3 is 15.4 Å². The molecule has 5 heterocycles. The number of carbonyl (C=O) groups is 1. The number of anilines is 2. The van der Waals surface area contributed by atoms with Gasteiger partial charge in [-0.2, -0.15) is 4.99 Å². The molecule has 0 bridgehead atoms. The summed E-state index contributed by atoms with van der Waals surface area (Å²) in [6, 6.07) is 11.4. The predicted molar refractivity (Wildman–Crippen MR) is 164 cm³/mol. The quantitative estimate of drug-likeness (QED) is 0.224. The number of nitrogens with zero attached hydrogens (tertiary/aromatic N) is 8. The first-order valence-corrected chi connectivity index (χ1v) is 14.1. The van der Waals surface area contributed by atoms with Gasteiger partial charge in [-0.15, -0.1) is 0 Å². The van der Waals surface area contributed by atoms with E-state index in [4.69, 9.17) is 4.74 Å². The molecule has 1 unspecified atom stereocenters. The van der Waals surface area contributed by atoms with Gasteiger partial charge in [-0.1, -0.05) is 6.07 Å². The van der Waals surface area contributed by atoms with E-state index < -0.39 is 5.97 Å². The molecular formula is C30H36N10O2. The highest BCUT2D eigenvalue weighted by Crippen LogP contribution is 2.21. The summed E-state index contributed by atoms with van der Waals surface area (Å²) >= 11 is 0. The van der Waals surface area contributed by atoms with Crippen LogP contribution >= 0.6 is 0 Å². The number of aryl methyl sites for hydroxylation is 1. The molecule has 42 heavy (non-hydrogen) atoms. The number of fused-ring (bicyclic) bond motifs is 1. The van der Waals surface area contributed by atoms with Crippen LogP contribution in [-0.2, 0) is 4.74 Å². The molecule has 1 atom stereocenters. The van der Waals surface area contributed by atoms with Gasteiger partial charge in [-0.25, -0.2) is 29.7 Å². The monoisotopic (exact) mass is 568 g/mol. The molecule has 0 aliphatic carbocycles. The third kappa shape index (κ3) is 7.59. The predicted octanol–water partition coefficient (Wildman–Crippen LogP) is 3.62. The van der Waals surface area contributed by atoms with Gasteiger partial charge in [0.1, 0.15) is 29.6 Å². The fourth-order valence-electron chi connectivity index (χ4n) is 5.05. The Morgan fingerprint density at radius 2 is 2.05 bits per heavy atom. The lowest BCUT2D eigenvalue weighted by atomic mass is 10.1. The zero-order valence-corrected chi connectivity index (χ0v) is 24.0. The first kappa shape index (κ1) is 29.0. The van der Waals surface area contributed by atoms with Crippen LogP contribution in [0.4, 0.5) is 11.5 Å². The lowest BCUT2D eigenvalue weighted by Crippen LogP contribution is -2.50. The fourth-order valence-corrected chi connectivity index (χ4v) is 5.05. The van der Waals surface area contributed by atoms with Gasteiger partial charge in [0, 0.05) is 44.1 Å². The van der Waals surface area contributed by atoms with E-state index in [1.54, 1.807) is 30.5 Å². The first-order chi connectivity index (χ1) is 20.5. The molecule has 2 aliphatic heterocycles. The molecule has 12 heteroatoms. The van der Waals surface area contributed by atoms with E-state index in [0.29, 0.717) is 41.5 Å². The molecule has 0 aromatic carbocycles. The molecule has 2 N–H and O–H groups in total. The zero-order valence-electron chi connectivity index (χ0n) is 24.0. The summed E-state index contributed by atoms with van der Waals surface area (Å²) in [6.45, 7) is 12.8. The second-order valence-corrected chi connectivity index (χ2v) is 10.1. The van der Waals surface area contributed by atoms with E-state index >= 15 is 0 Å². The number of pyridine rings is 2. The van der Waals surface area contributed by atoms with Crippen LogP contribution < -0.4 is 10.6 Å². The highest BCUT2D eigenvalue weighted by atomic mass is 16.5. The van der Waals surface area contributed by atoms with Crippen molar-refractivity contribution in [3.05, 3.63) is 72.1 Å². The molecule has 5 rings (SSSR count). The number of hydrogen-bond acceptors (Lipinski definition) is 10. The molecule has 0 saturated carbocycles. The minimum Gasteiger partial charge on any atom is -0.460 e. The maximum Gasteiger partial charge on any atom is 0.356 e. The molecule has 3 aromatic heterocycles. The number of rotatable bonds is 9. The van der Waals surface area contributed by atoms with Crippen LogP contribution in [0.25, 0.3) is 11.5 Å². The minimum atomic E-state index is -0.442. The van der Waals surface area contributed by atoms with E-state index in [-0.39, 0.29) is 11.7 Å². The van der Waals surface area contributed by atoms with Crippen molar-refractivity contribution in [2.45, 2.75) is 32.7 Å². The number of aliphatic imine (C=N–C) groups is 2. The Labute approximate surface area is 245 Å². The number of nitrogens with one attached hydrogen (secondary N) is 2. The van der Waals surface area contributed by atoms with E-state index in [1.807, 2.05) is 32.0 Å². The SMILES string of the molecule is C=N/C(=N\C(=C/C)Nc1ccnc(-c2cccc(C)n2)n1)Nc1ccc(C(=O)OCCN2CCN3CCCC3C2)nc1. The summed E-state index contributed by atoms with van der Waals surface area (Å²) in [5.41, 5.74) is 2.40. The summed E-state index contributed by atoms with van der Waals surface area (Å²) in [6.07, 6.45) is 7.52. The van der Waals surface area contributed by atoms with Crippen molar-refractivity contribution < 1.29 is 9.53 Å². The van der Waals surface area contributed by atoms with Crippen LogP contribution in [0.1, 0.15) is 35.9 Å². The molecular weight excluding hydrogens is 532 g/mol. The fraction of sp³-hybridized carbons (Fsp3) is 0.367. The normalized spacial score (nSPS) is 17.9. The third-order valence-electron chi connectivity index (χ3n) is 7.22. The number of allylic oxidation sites excluding steroid dienone is 1. The molecule has 218 valence electrons. The van der Waals surface area contributed by atoms with Crippen LogP contribution in [0, 0.1) is 6.92 Å². The van der Waals surface area contributed by atoms with Gasteiger partial charge in [-0.05, 0) is 76.4 Å². The Hall–Kier alpha value is -4.55. The number of carbonyl (C=O) groups excluding carboxylic acids is 1. The molecule has 0 radical (unpaired) electrons. The van der Waals surface area contributed by atoms with Crippen LogP contribution in [0.2, 0.25) is 0 Å². The van der Waals surface area contributed by atoms with Crippen molar-refractivity contribution in [2.24, 2.45) is 9.98 Å². The highest BCUT2D eigenvalue weighted by molar-refractivity contribution is 5.97. The molecule has 2 aliphatic rings. The number of piperazine rings is 1. The van der Waals surface area contributed by atoms with Crippen LogP contribution in [0.5, 0.6) is 0 Å². The minimum absolute atomic E-state index is 0.240. The largest absolute Gasteiger partial charge is 0.460 e. The van der Waals surface area contributed by atoms with E-state index in [0.717, 1.165) is 31.9 Å². The van der Waals surface area contributed by atoms with Crippen LogP contribution in [0.15, 0.2) is 70.7 Å². The standard InChI is InChI=1S/C30H36N10O2/c1-4-26(36-27-12-13-32-28(37-27)24-9-5-7-21(2)34-24)38-30(31-3)35-22-10-11-25(33-19-22)29(41)42-18-17-39-15-16-40-14-6-8-23(40)20-39/h4-5,7,9-13,19,23H,3,6,8,14-18,20H2,1-2H3,(H,35,38)(H,32,36,37)/b26-4-. The average molecular weight is 569 g/mol. The molecule has 2 saturated heterocycles. The van der Waals surface area contributed by atoms with Gasteiger partial charge >= 0.3 is 5.97 Å². The van der Waals surface area contributed by atoms with Gasteiger partial charge in [0.05, 0.1) is 11.9 Å². The molecule has 3 aromatic rings. The van der Waals surface area contributed by atoms with Gasteiger partial charge in [0.2, 0.25) is 5.96 Å². The Bertz CT molecular complexity index is 1460. The smallest absolute Gasteiger partial charge is 0.356 e. The lowest BCUT2D eigenvalue weighted by molar-refractivity contribution is 0.0388. The molecule has 12 nitrogen and oxygen atoms in total. The van der Waals surface area contributed by atoms with E-state index in [9.17, 15) is 4.79 Å². The van der Waals surface area contributed by atoms with E-state index in [2.05, 4.69) is 57.1 Å². The Morgan fingerprint density at radius 3 is 2.83 bits per heavy atom. The van der Waals surface area contributed by atoms with Crippen LogP contribution in [0.3, 0.4) is 0 Å². The number of hydrogen-bond donors (Lipinski definition) is 2. The molecule has 0 amide bonds. The van der Waals surface area contributed by atoms with Crippen LogP contribution in [-0.4, -0.2) is 93.8 Å². The summed E-state index contributed by atoms with van der Waals surface area (Å²) < 4.78 is 5.49. The molecule has 2 fully saturated rings. The zero-order chi connectivity index (χ0) is 29.3. The van der Waals surface area contributed by atoms with Crippen molar-refractivity contribution in [1.82, 2.24) is 29.7 Å². The van der Waals surface area contributed by atoms with Crippen molar-refractivity contribution in [2.75, 3.05) is 50.0 Å². The van der Waals surface area contributed by atoms with Crippen molar-refractivity contribution in [1.29, 1.82) is 0 Å². The second-order valence-electron chi connectivity index (χ2n) is 10.1. The number of ether oxygens (including phenoxy) is 1. The molecule has 0 spiro atoms. The van der Waals surface area contributed by atoms with Gasteiger partial charge in [0.25, 0.3) is 0 Å². The topological polar surface area (TPSA) is 133 Å². The van der Waals surface area contributed by atoms with Gasteiger partial charge in [-0.3, -0.25) is 9.80 Å². The average Bonchev–Trinajstić information content (AvgIpc) is 3.49. The Morgan fingerprint density at radius 1 is 1.14 bits per heavy atom. The van der Waals surface area contributed by atoms with Crippen molar-refractivity contribution in [3.8, 4) is 11.5 Å². The Kier molecular flexibility index (Phi) is 9.57. The first-order valence-electron chi connectivity index (χ1n) is 14.1. The maximum atomic E-state index is 12.5. The third-order valence-corrected chi connectivity index (χ3v) is 7.22. The summed E-state index contributed by atoms with van der Waals surface area (Å²) in [4.78, 5) is 43.6. The second kappa shape index (κ2) is 13.9. The van der Waals surface area contributed by atoms with Gasteiger partial charge in [0.15, 0.2) is 5.82 Å². The van der Waals surface area contributed by atoms with Crippen molar-refractivity contribution in [3.63, 3.8) is 0 Å². The van der Waals surface area contributed by atoms with E-state index in [1.165, 1.54) is 25.6 Å². The maximum absolute atomic E-state index is 12.5. The summed E-state index contributed by atoms with van der Waals surface area (Å²) in [5.74, 6) is 1.34. The number of aromatic nitrogens is 4. The summed E-state index contributed by atoms with van der Waals surface area (Å²) in [5, 5.41) is 6.23. The van der Waals surface area contributed by atoms with Crippen molar-refractivity contribution >= 4 is 30.2 Å². The number of guanidine groups is 1.